The molecule has 1 N–H and O–H groups in total. The van der Waals surface area contributed by atoms with Crippen molar-refractivity contribution >= 4 is 32.8 Å². The fourth-order valence-electron chi connectivity index (χ4n) is 4.18. The minimum absolute atomic E-state index is 0.195. The Bertz CT molecular complexity index is 1090. The first-order valence-corrected chi connectivity index (χ1v) is 12.6. The molecule has 0 radical (unpaired) electrons. The highest BCUT2D eigenvalue weighted by Gasteiger charge is 2.29. The molecule has 0 amide bonds. The van der Waals surface area contributed by atoms with Crippen molar-refractivity contribution in [3.8, 4) is 0 Å². The van der Waals surface area contributed by atoms with E-state index < -0.39 is 16.1 Å². The quantitative estimate of drug-likeness (QED) is 0.534. The number of nitrogens with zero attached hydrogens (tertiary/aromatic N) is 2. The van der Waals surface area contributed by atoms with Gasteiger partial charge >= 0.3 is 0 Å². The number of aliphatic hydroxyl groups is 1. The van der Waals surface area contributed by atoms with Crippen LogP contribution in [0.4, 0.5) is 0 Å². The topological polar surface area (TPSA) is 72.2 Å². The number of aromatic nitrogens is 2. The highest BCUT2D eigenvalue weighted by molar-refractivity contribution is 7.99. The van der Waals surface area contributed by atoms with Crippen molar-refractivity contribution < 1.29 is 13.5 Å². The summed E-state index contributed by atoms with van der Waals surface area (Å²) in [4.78, 5) is 5.67. The molecule has 0 bridgehead atoms. The van der Waals surface area contributed by atoms with Gasteiger partial charge in [0.05, 0.1) is 16.7 Å². The van der Waals surface area contributed by atoms with Gasteiger partial charge < -0.3 is 5.11 Å². The lowest BCUT2D eigenvalue weighted by atomic mass is 9.98. The van der Waals surface area contributed by atoms with Crippen LogP contribution in [0.1, 0.15) is 50.8 Å². The van der Waals surface area contributed by atoms with Crippen molar-refractivity contribution in [2.24, 2.45) is 5.92 Å². The van der Waals surface area contributed by atoms with Gasteiger partial charge in [-0.15, -0.1) is 11.8 Å². The van der Waals surface area contributed by atoms with Gasteiger partial charge in [0.1, 0.15) is 0 Å². The molecule has 4 rings (SSSR count). The molecule has 29 heavy (non-hydrogen) atoms. The Balaban J connectivity index is 1.85. The Morgan fingerprint density at radius 2 is 1.93 bits per heavy atom. The lowest BCUT2D eigenvalue weighted by molar-refractivity contribution is 0.140. The fraction of sp³-hybridized carbons (Fsp3) is 0.409. The van der Waals surface area contributed by atoms with Crippen molar-refractivity contribution in [3.63, 3.8) is 0 Å². The Morgan fingerprint density at radius 1 is 1.21 bits per heavy atom. The van der Waals surface area contributed by atoms with Gasteiger partial charge in [-0.2, -0.15) is 0 Å². The molecule has 1 saturated carbocycles. The van der Waals surface area contributed by atoms with Crippen molar-refractivity contribution in [2.45, 2.75) is 54.9 Å². The summed E-state index contributed by atoms with van der Waals surface area (Å²) in [6.07, 6.45) is 6.01. The zero-order chi connectivity index (χ0) is 20.4. The minimum atomic E-state index is -3.87. The van der Waals surface area contributed by atoms with Gasteiger partial charge in [-0.25, -0.2) is 17.4 Å². The van der Waals surface area contributed by atoms with E-state index in [9.17, 15) is 13.5 Å². The standard InChI is InChI=1S/C22H26N2O3S2/c1-2-28-18-13-17-14-20(21(25)12-16-8-6-7-9-16)24(22(17)23-15-18)29(26,27)19-10-4-3-5-11-19/h3-5,10-11,13-16,21,25H,2,6-9,12H2,1H3. The van der Waals surface area contributed by atoms with E-state index in [0.29, 0.717) is 23.7 Å². The predicted molar refractivity (Wildman–Crippen MR) is 117 cm³/mol. The molecule has 2 heterocycles. The molecule has 0 spiro atoms. The van der Waals surface area contributed by atoms with Gasteiger partial charge in [0.15, 0.2) is 5.65 Å². The second kappa shape index (κ2) is 8.50. The molecule has 2 aromatic heterocycles. The summed E-state index contributed by atoms with van der Waals surface area (Å²) >= 11 is 1.66. The fourth-order valence-corrected chi connectivity index (χ4v) is 6.40. The molecule has 1 aliphatic rings. The zero-order valence-corrected chi connectivity index (χ0v) is 18.1. The van der Waals surface area contributed by atoms with Crippen molar-refractivity contribution in [2.75, 3.05) is 5.75 Å². The lowest BCUT2D eigenvalue weighted by Gasteiger charge is -2.18. The molecule has 1 fully saturated rings. The Morgan fingerprint density at radius 3 is 2.62 bits per heavy atom. The number of hydrogen-bond donors (Lipinski definition) is 1. The molecule has 7 heteroatoms. The maximum Gasteiger partial charge on any atom is 0.269 e. The zero-order valence-electron chi connectivity index (χ0n) is 16.5. The van der Waals surface area contributed by atoms with Gasteiger partial charge in [0, 0.05) is 16.5 Å². The summed E-state index contributed by atoms with van der Waals surface area (Å²) in [6, 6.07) is 12.1. The summed E-state index contributed by atoms with van der Waals surface area (Å²) in [5.74, 6) is 1.35. The molecule has 0 aliphatic heterocycles. The molecular formula is C22H26N2O3S2. The van der Waals surface area contributed by atoms with E-state index in [4.69, 9.17) is 0 Å². The summed E-state index contributed by atoms with van der Waals surface area (Å²) in [6.45, 7) is 2.07. The average Bonchev–Trinajstić information content (AvgIpc) is 3.36. The highest BCUT2D eigenvalue weighted by Crippen LogP contribution is 2.36. The summed E-state index contributed by atoms with van der Waals surface area (Å²) in [5, 5.41) is 11.8. The first-order chi connectivity index (χ1) is 14.0. The maximum atomic E-state index is 13.5. The number of rotatable bonds is 7. The first-order valence-electron chi connectivity index (χ1n) is 10.1. The van der Waals surface area contributed by atoms with Gasteiger partial charge in [0.2, 0.25) is 0 Å². The molecule has 1 unspecified atom stereocenters. The molecular weight excluding hydrogens is 404 g/mol. The minimum Gasteiger partial charge on any atom is -0.387 e. The SMILES string of the molecule is CCSc1cnc2c(c1)cc(C(O)CC1CCCC1)n2S(=O)(=O)c1ccccc1. The van der Waals surface area contributed by atoms with E-state index in [-0.39, 0.29) is 4.90 Å². The smallest absolute Gasteiger partial charge is 0.269 e. The molecule has 1 aromatic carbocycles. The molecule has 0 saturated heterocycles. The number of fused-ring (bicyclic) bond motifs is 1. The van der Waals surface area contributed by atoms with Gasteiger partial charge in [-0.1, -0.05) is 50.8 Å². The molecule has 1 atom stereocenters. The second-order valence-corrected chi connectivity index (χ2v) is 10.7. The van der Waals surface area contributed by atoms with Crippen LogP contribution in [0, 0.1) is 5.92 Å². The summed E-state index contributed by atoms with van der Waals surface area (Å²) in [7, 11) is -3.87. The third-order valence-corrected chi connectivity index (χ3v) is 8.14. The van der Waals surface area contributed by atoms with Gasteiger partial charge in [-0.05, 0) is 42.4 Å². The van der Waals surface area contributed by atoms with Crippen LogP contribution in [0.25, 0.3) is 11.0 Å². The number of thioether (sulfide) groups is 1. The van der Waals surface area contributed by atoms with Gasteiger partial charge in [-0.3, -0.25) is 0 Å². The number of hydrogen-bond acceptors (Lipinski definition) is 5. The predicted octanol–water partition coefficient (Wildman–Crippen LogP) is 5.00. The number of benzene rings is 1. The first kappa shape index (κ1) is 20.4. The van der Waals surface area contributed by atoms with E-state index in [1.807, 2.05) is 6.07 Å². The van der Waals surface area contributed by atoms with Gasteiger partial charge in [0.25, 0.3) is 10.0 Å². The number of aliphatic hydroxyl groups excluding tert-OH is 1. The molecule has 5 nitrogen and oxygen atoms in total. The number of pyridine rings is 1. The van der Waals surface area contributed by atoms with E-state index in [0.717, 1.165) is 28.9 Å². The third-order valence-electron chi connectivity index (χ3n) is 5.57. The van der Waals surface area contributed by atoms with Crippen LogP contribution < -0.4 is 0 Å². The summed E-state index contributed by atoms with van der Waals surface area (Å²) in [5.41, 5.74) is 0.775. The Hall–Kier alpha value is -1.83. The van der Waals surface area contributed by atoms with E-state index in [2.05, 4.69) is 11.9 Å². The largest absolute Gasteiger partial charge is 0.387 e. The van der Waals surface area contributed by atoms with Crippen molar-refractivity contribution in [1.82, 2.24) is 8.96 Å². The van der Waals surface area contributed by atoms with E-state index >= 15 is 0 Å². The molecule has 3 aromatic rings. The third kappa shape index (κ3) is 4.09. The highest BCUT2D eigenvalue weighted by atomic mass is 32.2. The normalized spacial score (nSPS) is 16.5. The van der Waals surface area contributed by atoms with Crippen LogP contribution in [0.15, 0.2) is 58.5 Å². The molecule has 1 aliphatic carbocycles. The second-order valence-electron chi connectivity index (χ2n) is 7.57. The average molecular weight is 431 g/mol. The Kier molecular flexibility index (Phi) is 5.99. The van der Waals surface area contributed by atoms with E-state index in [1.165, 1.54) is 16.8 Å². The van der Waals surface area contributed by atoms with Crippen LogP contribution in [0.2, 0.25) is 0 Å². The van der Waals surface area contributed by atoms with Crippen LogP contribution in [0.3, 0.4) is 0 Å². The monoisotopic (exact) mass is 430 g/mol. The van der Waals surface area contributed by atoms with Crippen LogP contribution >= 0.6 is 11.8 Å². The van der Waals surface area contributed by atoms with Crippen LogP contribution in [-0.4, -0.2) is 28.2 Å². The molecule has 154 valence electrons. The van der Waals surface area contributed by atoms with Crippen molar-refractivity contribution in [1.29, 1.82) is 0 Å². The van der Waals surface area contributed by atoms with Crippen LogP contribution in [-0.2, 0) is 10.0 Å². The Labute approximate surface area is 176 Å². The van der Waals surface area contributed by atoms with Crippen molar-refractivity contribution in [3.05, 3.63) is 54.4 Å². The van der Waals surface area contributed by atoms with Crippen LogP contribution in [0.5, 0.6) is 0 Å². The maximum absolute atomic E-state index is 13.5. The lowest BCUT2D eigenvalue weighted by Crippen LogP contribution is -2.19. The van der Waals surface area contributed by atoms with E-state index in [1.54, 1.807) is 54.4 Å². The summed E-state index contributed by atoms with van der Waals surface area (Å²) < 4.78 is 28.2.